The molecule has 8 heteroatoms. The molecule has 1 saturated carbocycles. The summed E-state index contributed by atoms with van der Waals surface area (Å²) in [5.74, 6) is 1.44. The van der Waals surface area contributed by atoms with Crippen molar-refractivity contribution in [1.82, 2.24) is 15.0 Å². The lowest BCUT2D eigenvalue weighted by atomic mass is 9.84. The van der Waals surface area contributed by atoms with E-state index in [0.717, 1.165) is 29.2 Å². The molecule has 8 nitrogen and oxygen atoms in total. The van der Waals surface area contributed by atoms with Crippen molar-refractivity contribution in [1.29, 1.82) is 0 Å². The van der Waals surface area contributed by atoms with Crippen molar-refractivity contribution < 1.29 is 19.4 Å². The third kappa shape index (κ3) is 3.76. The molecule has 3 aromatic rings. The van der Waals surface area contributed by atoms with E-state index in [9.17, 15) is 9.90 Å². The van der Waals surface area contributed by atoms with Crippen LogP contribution < -0.4 is 10.1 Å². The molecule has 2 N–H and O–H groups in total. The molecule has 1 fully saturated rings. The van der Waals surface area contributed by atoms with E-state index in [-0.39, 0.29) is 17.8 Å². The Morgan fingerprint density at radius 3 is 2.68 bits per heavy atom. The Balaban J connectivity index is 1.55. The molecule has 0 aromatic carbocycles. The van der Waals surface area contributed by atoms with E-state index in [1.54, 1.807) is 24.5 Å². The fourth-order valence-corrected chi connectivity index (χ4v) is 4.59. The van der Waals surface area contributed by atoms with Gasteiger partial charge in [-0.15, -0.1) is 0 Å². The van der Waals surface area contributed by atoms with Crippen molar-refractivity contribution in [2.45, 2.75) is 64.6 Å². The van der Waals surface area contributed by atoms with Gasteiger partial charge in [0, 0.05) is 23.9 Å². The van der Waals surface area contributed by atoms with Gasteiger partial charge in [-0.1, -0.05) is 6.92 Å². The van der Waals surface area contributed by atoms with E-state index >= 15 is 0 Å². The number of hydrogen-bond donors (Lipinski definition) is 2. The summed E-state index contributed by atoms with van der Waals surface area (Å²) in [4.78, 5) is 26.2. The smallest absolute Gasteiger partial charge is 0.340 e. The van der Waals surface area contributed by atoms with E-state index in [1.807, 2.05) is 40.7 Å². The number of esters is 1. The Morgan fingerprint density at radius 1 is 1.21 bits per heavy atom. The van der Waals surface area contributed by atoms with Gasteiger partial charge < -0.3 is 19.9 Å². The van der Waals surface area contributed by atoms with Gasteiger partial charge in [-0.2, -0.15) is 0 Å². The molecule has 0 radical (unpaired) electrons. The van der Waals surface area contributed by atoms with Gasteiger partial charge in [-0.3, -0.25) is 0 Å². The van der Waals surface area contributed by atoms with Gasteiger partial charge in [0.2, 0.25) is 5.88 Å². The zero-order chi connectivity index (χ0) is 24.3. The predicted molar refractivity (Wildman–Crippen MR) is 128 cm³/mol. The van der Waals surface area contributed by atoms with Gasteiger partial charge in [0.05, 0.1) is 28.9 Å². The second kappa shape index (κ2) is 7.91. The van der Waals surface area contributed by atoms with E-state index in [4.69, 9.17) is 14.5 Å². The SMILES string of the molecule is CCOc1ncc([C@](C)(O)C2CC2)c2cc(Nc3ccc4c(n3)[C@@H](C)C(C)(C)OC4=O)ncc12. The lowest BCUT2D eigenvalue weighted by Crippen LogP contribution is -2.39. The summed E-state index contributed by atoms with van der Waals surface area (Å²) < 4.78 is 11.3. The average molecular weight is 463 g/mol. The Morgan fingerprint density at radius 2 is 1.97 bits per heavy atom. The summed E-state index contributed by atoms with van der Waals surface area (Å²) >= 11 is 0. The fourth-order valence-electron chi connectivity index (χ4n) is 4.59. The number of carbonyl (C=O) groups excluding carboxylic acids is 1. The van der Waals surface area contributed by atoms with E-state index in [2.05, 4.69) is 15.3 Å². The van der Waals surface area contributed by atoms with E-state index in [0.29, 0.717) is 35.4 Å². The molecule has 1 aliphatic carbocycles. The van der Waals surface area contributed by atoms with Crippen LogP contribution in [-0.4, -0.2) is 38.2 Å². The molecule has 178 valence electrons. The first-order valence-electron chi connectivity index (χ1n) is 11.8. The summed E-state index contributed by atoms with van der Waals surface area (Å²) in [6, 6.07) is 5.38. The van der Waals surface area contributed by atoms with Crippen molar-refractivity contribution in [2.75, 3.05) is 11.9 Å². The standard InChI is InChI=1S/C26H30N4O4/c1-6-33-23-18-12-27-21(11-17(18)19(13-28-23)26(5,32)15-7-8-15)29-20-10-9-16-22(30-20)14(2)25(3,4)34-24(16)31/h9-15,32H,6-8H2,1-5H3,(H,27,29,30)/t14-,26-/m1/s1. The molecule has 1 aliphatic heterocycles. The number of carbonyl (C=O) groups is 1. The van der Waals surface area contributed by atoms with Gasteiger partial charge >= 0.3 is 5.97 Å². The molecule has 5 rings (SSSR count). The quantitative estimate of drug-likeness (QED) is 0.502. The number of nitrogens with one attached hydrogen (secondary N) is 1. The van der Waals surface area contributed by atoms with Crippen LogP contribution in [0.25, 0.3) is 10.8 Å². The third-order valence-corrected chi connectivity index (χ3v) is 7.14. The maximum absolute atomic E-state index is 12.4. The Labute approximate surface area is 198 Å². The largest absolute Gasteiger partial charge is 0.477 e. The Kier molecular flexibility index (Phi) is 5.24. The maximum Gasteiger partial charge on any atom is 0.340 e. The second-order valence-corrected chi connectivity index (χ2v) is 9.92. The fraction of sp³-hybridized carbons (Fsp3) is 0.462. The van der Waals surface area contributed by atoms with Crippen LogP contribution in [-0.2, 0) is 10.3 Å². The lowest BCUT2D eigenvalue weighted by molar-refractivity contribution is -0.0189. The zero-order valence-corrected chi connectivity index (χ0v) is 20.2. The van der Waals surface area contributed by atoms with Crippen LogP contribution in [0.5, 0.6) is 5.88 Å². The number of ether oxygens (including phenoxy) is 2. The molecule has 0 spiro atoms. The van der Waals surface area contributed by atoms with Crippen LogP contribution in [0, 0.1) is 5.92 Å². The molecule has 3 aromatic heterocycles. The molecule has 2 atom stereocenters. The normalized spacial score (nSPS) is 20.9. The molecule has 0 unspecified atom stereocenters. The van der Waals surface area contributed by atoms with Crippen molar-refractivity contribution in [2.24, 2.45) is 5.92 Å². The predicted octanol–water partition coefficient (Wildman–Crippen LogP) is 4.84. The molecular formula is C26H30N4O4. The van der Waals surface area contributed by atoms with Crippen molar-refractivity contribution in [3.63, 3.8) is 0 Å². The van der Waals surface area contributed by atoms with Gasteiger partial charge in [0.1, 0.15) is 17.2 Å². The maximum atomic E-state index is 12.4. The summed E-state index contributed by atoms with van der Waals surface area (Å²) in [5, 5.41) is 16.1. The number of nitrogens with zero attached hydrogens (tertiary/aromatic N) is 3. The van der Waals surface area contributed by atoms with Gasteiger partial charge in [0.15, 0.2) is 0 Å². The van der Waals surface area contributed by atoms with Crippen molar-refractivity contribution in [3.05, 3.63) is 47.4 Å². The number of fused-ring (bicyclic) bond motifs is 2. The molecule has 4 heterocycles. The first-order chi connectivity index (χ1) is 16.1. The zero-order valence-electron chi connectivity index (χ0n) is 20.2. The van der Waals surface area contributed by atoms with Crippen molar-refractivity contribution >= 4 is 28.4 Å². The Bertz CT molecular complexity index is 1280. The molecular weight excluding hydrogens is 432 g/mol. The van der Waals surface area contributed by atoms with Crippen LogP contribution in [0.15, 0.2) is 30.6 Å². The van der Waals surface area contributed by atoms with Gasteiger partial charge in [-0.25, -0.2) is 19.7 Å². The number of pyridine rings is 3. The summed E-state index contributed by atoms with van der Waals surface area (Å²) in [6.45, 7) is 10.0. The number of hydrogen-bond acceptors (Lipinski definition) is 8. The number of aromatic nitrogens is 3. The number of anilines is 2. The highest BCUT2D eigenvalue weighted by Gasteiger charge is 2.43. The monoisotopic (exact) mass is 462 g/mol. The summed E-state index contributed by atoms with van der Waals surface area (Å²) in [6.07, 6.45) is 5.41. The molecule has 34 heavy (non-hydrogen) atoms. The molecule has 0 saturated heterocycles. The number of aliphatic hydroxyl groups is 1. The lowest BCUT2D eigenvalue weighted by Gasteiger charge is -2.36. The number of rotatable bonds is 6. The van der Waals surface area contributed by atoms with Gasteiger partial charge in [-0.05, 0) is 70.0 Å². The molecule has 2 aliphatic rings. The summed E-state index contributed by atoms with van der Waals surface area (Å²) in [7, 11) is 0. The highest BCUT2D eigenvalue weighted by atomic mass is 16.6. The minimum atomic E-state index is -0.986. The molecule has 0 amide bonds. The van der Waals surface area contributed by atoms with Crippen LogP contribution in [0.3, 0.4) is 0 Å². The minimum Gasteiger partial charge on any atom is -0.477 e. The first-order valence-corrected chi connectivity index (χ1v) is 11.8. The Hall–Kier alpha value is -3.26. The average Bonchev–Trinajstić information content (AvgIpc) is 3.63. The second-order valence-electron chi connectivity index (χ2n) is 9.92. The van der Waals surface area contributed by atoms with Crippen LogP contribution in [0.1, 0.15) is 75.0 Å². The highest BCUT2D eigenvalue weighted by Crippen LogP contribution is 2.48. The van der Waals surface area contributed by atoms with Crippen LogP contribution in [0.4, 0.5) is 11.6 Å². The van der Waals surface area contributed by atoms with Crippen molar-refractivity contribution in [3.8, 4) is 5.88 Å². The third-order valence-electron chi connectivity index (χ3n) is 7.14. The van der Waals surface area contributed by atoms with E-state index in [1.165, 1.54) is 0 Å². The molecule has 0 bridgehead atoms. The minimum absolute atomic E-state index is 0.0634. The number of cyclic esters (lactones) is 1. The van der Waals surface area contributed by atoms with E-state index < -0.39 is 11.2 Å². The topological polar surface area (TPSA) is 106 Å². The summed E-state index contributed by atoms with van der Waals surface area (Å²) in [5.41, 5.74) is 0.324. The first kappa shape index (κ1) is 22.5. The highest BCUT2D eigenvalue weighted by molar-refractivity contribution is 5.93. The van der Waals surface area contributed by atoms with Gasteiger partial charge in [0.25, 0.3) is 0 Å². The van der Waals surface area contributed by atoms with Crippen LogP contribution in [0.2, 0.25) is 0 Å². The van der Waals surface area contributed by atoms with Crippen LogP contribution >= 0.6 is 0 Å².